The highest BCUT2D eigenvalue weighted by Gasteiger charge is 2.00. The van der Waals surface area contributed by atoms with Gasteiger partial charge in [0, 0.05) is 5.56 Å². The molecule has 0 aliphatic carbocycles. The van der Waals surface area contributed by atoms with Crippen molar-refractivity contribution in [2.45, 2.75) is 0 Å². The first-order valence-corrected chi connectivity index (χ1v) is 5.44. The van der Waals surface area contributed by atoms with E-state index in [0.717, 1.165) is 16.7 Å². The Morgan fingerprint density at radius 1 is 0.889 bits per heavy atom. The van der Waals surface area contributed by atoms with Crippen LogP contribution in [0.1, 0.15) is 5.56 Å². The Bertz CT molecular complexity index is 612. The van der Waals surface area contributed by atoms with Gasteiger partial charge in [0.05, 0.1) is 6.08 Å². The maximum Gasteiger partial charge on any atom is 0.278 e. The van der Waals surface area contributed by atoms with E-state index in [1.54, 1.807) is 0 Å². The van der Waals surface area contributed by atoms with Crippen LogP contribution in [0.25, 0.3) is 11.1 Å². The average molecular weight is 240 g/mol. The van der Waals surface area contributed by atoms with E-state index in [1.807, 2.05) is 54.6 Å². The molecule has 0 saturated heterocycles. The second-order valence-corrected chi connectivity index (χ2v) is 3.61. The summed E-state index contributed by atoms with van der Waals surface area (Å²) in [5, 5.41) is 0. The summed E-state index contributed by atoms with van der Waals surface area (Å²) in [6, 6.07) is 17.2. The van der Waals surface area contributed by atoms with Gasteiger partial charge in [-0.3, -0.25) is 0 Å². The largest absolute Gasteiger partial charge is 0.278 e. The summed E-state index contributed by atoms with van der Waals surface area (Å²) >= 11 is 0. The van der Waals surface area contributed by atoms with Gasteiger partial charge >= 0.3 is 0 Å². The Hall–Kier alpha value is -2.40. The quantitative estimate of drug-likeness (QED) is 0.644. The van der Waals surface area contributed by atoms with Crippen LogP contribution in [0.15, 0.2) is 66.8 Å². The average Bonchev–Trinajstić information content (AvgIpc) is 2.40. The van der Waals surface area contributed by atoms with Crippen molar-refractivity contribution in [1.29, 1.82) is 0 Å². The van der Waals surface area contributed by atoms with Gasteiger partial charge in [0.1, 0.15) is 0 Å². The first kappa shape index (κ1) is 12.1. The number of hydrogen-bond acceptors (Lipinski definition) is 0. The molecular weight excluding hydrogens is 230 g/mol. The maximum atomic E-state index is 11.9. The number of hydrogen-bond donors (Lipinski definition) is 0. The van der Waals surface area contributed by atoms with Crippen molar-refractivity contribution in [2.24, 2.45) is 0 Å². The SMILES string of the molecule is FC(F)=CC#Cc1ccccc1-c1ccccc1. The summed E-state index contributed by atoms with van der Waals surface area (Å²) in [4.78, 5) is 0. The molecule has 2 aromatic carbocycles. The van der Waals surface area contributed by atoms with Crippen molar-refractivity contribution in [3.05, 3.63) is 72.3 Å². The molecule has 0 nitrogen and oxygen atoms in total. The van der Waals surface area contributed by atoms with Gasteiger partial charge in [0.2, 0.25) is 0 Å². The molecule has 0 bridgehead atoms. The lowest BCUT2D eigenvalue weighted by Crippen LogP contribution is -1.83. The van der Waals surface area contributed by atoms with Gasteiger partial charge in [-0.1, -0.05) is 60.4 Å². The topological polar surface area (TPSA) is 0 Å². The van der Waals surface area contributed by atoms with E-state index in [9.17, 15) is 8.78 Å². The summed E-state index contributed by atoms with van der Waals surface area (Å²) in [5.41, 5.74) is 2.70. The van der Waals surface area contributed by atoms with E-state index in [0.29, 0.717) is 6.08 Å². The molecule has 2 aromatic rings. The molecule has 0 unspecified atom stereocenters. The lowest BCUT2D eigenvalue weighted by atomic mass is 10.0. The molecule has 0 aromatic heterocycles. The first-order chi connectivity index (χ1) is 8.77. The van der Waals surface area contributed by atoms with Gasteiger partial charge in [0.15, 0.2) is 0 Å². The molecule has 0 spiro atoms. The minimum absolute atomic E-state index is 0.613. The zero-order valence-electron chi connectivity index (χ0n) is 9.53. The van der Waals surface area contributed by atoms with Crippen molar-refractivity contribution in [1.82, 2.24) is 0 Å². The van der Waals surface area contributed by atoms with Crippen molar-refractivity contribution in [3.63, 3.8) is 0 Å². The zero-order chi connectivity index (χ0) is 12.8. The van der Waals surface area contributed by atoms with Gasteiger partial charge in [0.25, 0.3) is 6.08 Å². The lowest BCUT2D eigenvalue weighted by Gasteiger charge is -2.03. The van der Waals surface area contributed by atoms with E-state index in [4.69, 9.17) is 0 Å². The van der Waals surface area contributed by atoms with E-state index >= 15 is 0 Å². The molecule has 0 aliphatic heterocycles. The first-order valence-electron chi connectivity index (χ1n) is 5.44. The summed E-state index contributed by atoms with van der Waals surface area (Å²) < 4.78 is 23.8. The molecule has 0 aliphatic rings. The van der Waals surface area contributed by atoms with Crippen LogP contribution in [-0.4, -0.2) is 0 Å². The minimum Gasteiger partial charge on any atom is -0.173 e. The van der Waals surface area contributed by atoms with Crippen molar-refractivity contribution in [3.8, 4) is 23.0 Å². The van der Waals surface area contributed by atoms with Gasteiger partial charge in [-0.15, -0.1) is 0 Å². The second kappa shape index (κ2) is 5.79. The molecule has 88 valence electrons. The monoisotopic (exact) mass is 240 g/mol. The molecule has 0 saturated carbocycles. The van der Waals surface area contributed by atoms with E-state index in [2.05, 4.69) is 11.8 Å². The Kier molecular flexibility index (Phi) is 3.88. The van der Waals surface area contributed by atoms with Gasteiger partial charge in [-0.2, -0.15) is 8.78 Å². The molecular formula is C16H10F2. The third-order valence-electron chi connectivity index (χ3n) is 2.40. The van der Waals surface area contributed by atoms with Crippen LogP contribution in [0.4, 0.5) is 8.78 Å². The number of benzene rings is 2. The fourth-order valence-electron chi connectivity index (χ4n) is 1.63. The zero-order valence-corrected chi connectivity index (χ0v) is 9.53. The van der Waals surface area contributed by atoms with Crippen LogP contribution in [0.3, 0.4) is 0 Å². The van der Waals surface area contributed by atoms with Gasteiger partial charge < -0.3 is 0 Å². The van der Waals surface area contributed by atoms with Gasteiger partial charge in [-0.05, 0) is 17.2 Å². The van der Waals surface area contributed by atoms with Crippen molar-refractivity contribution in [2.75, 3.05) is 0 Å². The minimum atomic E-state index is -1.78. The highest BCUT2D eigenvalue weighted by atomic mass is 19.3. The van der Waals surface area contributed by atoms with Crippen molar-refractivity contribution >= 4 is 0 Å². The molecule has 0 radical (unpaired) electrons. The summed E-state index contributed by atoms with van der Waals surface area (Å²) in [6.07, 6.45) is -1.17. The van der Waals surface area contributed by atoms with Crippen LogP contribution >= 0.6 is 0 Å². The Morgan fingerprint density at radius 3 is 2.28 bits per heavy atom. The molecule has 2 rings (SSSR count). The normalized spacial score (nSPS) is 9.22. The third kappa shape index (κ3) is 3.05. The van der Waals surface area contributed by atoms with Crippen LogP contribution in [0.2, 0.25) is 0 Å². The van der Waals surface area contributed by atoms with E-state index in [1.165, 1.54) is 0 Å². The van der Waals surface area contributed by atoms with Crippen LogP contribution < -0.4 is 0 Å². The molecule has 18 heavy (non-hydrogen) atoms. The summed E-state index contributed by atoms with van der Waals surface area (Å²) in [6.45, 7) is 0. The fourth-order valence-corrected chi connectivity index (χ4v) is 1.63. The smallest absolute Gasteiger partial charge is 0.173 e. The predicted molar refractivity (Wildman–Crippen MR) is 69.1 cm³/mol. The highest BCUT2D eigenvalue weighted by molar-refractivity contribution is 5.71. The molecule has 0 heterocycles. The molecule has 0 atom stereocenters. The van der Waals surface area contributed by atoms with E-state index < -0.39 is 6.08 Å². The lowest BCUT2D eigenvalue weighted by molar-refractivity contribution is 0.422. The molecule has 0 amide bonds. The Morgan fingerprint density at radius 2 is 1.56 bits per heavy atom. The molecule has 2 heteroatoms. The standard InChI is InChI=1S/C16H10F2/c17-16(18)12-6-10-14-9-4-5-11-15(14)13-7-2-1-3-8-13/h1-5,7-9,11-12H. The van der Waals surface area contributed by atoms with E-state index in [-0.39, 0.29) is 0 Å². The highest BCUT2D eigenvalue weighted by Crippen LogP contribution is 2.22. The van der Waals surface area contributed by atoms with Gasteiger partial charge in [-0.25, -0.2) is 0 Å². The fraction of sp³-hybridized carbons (Fsp3) is 0. The number of allylic oxidation sites excluding steroid dienone is 1. The van der Waals surface area contributed by atoms with Crippen LogP contribution in [0, 0.1) is 11.8 Å². The number of rotatable bonds is 1. The van der Waals surface area contributed by atoms with Crippen LogP contribution in [0.5, 0.6) is 0 Å². The third-order valence-corrected chi connectivity index (χ3v) is 2.40. The summed E-state index contributed by atoms with van der Waals surface area (Å²) in [7, 11) is 0. The van der Waals surface area contributed by atoms with Crippen molar-refractivity contribution < 1.29 is 8.78 Å². The Labute approximate surface area is 105 Å². The predicted octanol–water partition coefficient (Wildman–Crippen LogP) is 4.49. The number of halogens is 2. The van der Waals surface area contributed by atoms with Crippen LogP contribution in [-0.2, 0) is 0 Å². The Balaban J connectivity index is 2.43. The second-order valence-electron chi connectivity index (χ2n) is 3.61. The molecule has 0 N–H and O–H groups in total. The molecule has 0 fully saturated rings. The summed E-state index contributed by atoms with van der Waals surface area (Å²) in [5.74, 6) is 5.09. The maximum absolute atomic E-state index is 11.9.